The number of hydrogen-bond donors (Lipinski definition) is 0. The second-order valence-electron chi connectivity index (χ2n) is 5.39. The fourth-order valence-electron chi connectivity index (χ4n) is 2.53. The van der Waals surface area contributed by atoms with Gasteiger partial charge in [0.25, 0.3) is 5.56 Å². The summed E-state index contributed by atoms with van der Waals surface area (Å²) in [4.78, 5) is 12.5. The highest BCUT2D eigenvalue weighted by molar-refractivity contribution is 6.34. The average molecular weight is 335 g/mol. The summed E-state index contributed by atoms with van der Waals surface area (Å²) in [5, 5.41) is 9.12. The first-order valence-corrected chi connectivity index (χ1v) is 7.48. The van der Waals surface area contributed by atoms with Crippen molar-refractivity contribution in [1.82, 2.24) is 19.6 Å². The van der Waals surface area contributed by atoms with Gasteiger partial charge in [0.05, 0.1) is 31.3 Å². The molecule has 1 aliphatic rings. The van der Waals surface area contributed by atoms with E-state index in [0.717, 1.165) is 0 Å². The molecular formula is C15H12ClFN4O2. The van der Waals surface area contributed by atoms with Crippen LogP contribution >= 0.6 is 11.6 Å². The van der Waals surface area contributed by atoms with Crippen LogP contribution in [0.1, 0.15) is 11.6 Å². The van der Waals surface area contributed by atoms with E-state index in [1.165, 1.54) is 21.6 Å². The highest BCUT2D eigenvalue weighted by Gasteiger charge is 2.25. The molecule has 1 aromatic carbocycles. The fraction of sp³-hybridized carbons (Fsp3) is 0.267. The van der Waals surface area contributed by atoms with E-state index < -0.39 is 0 Å². The van der Waals surface area contributed by atoms with Crippen molar-refractivity contribution in [3.05, 3.63) is 57.3 Å². The number of aromatic nitrogens is 4. The molecule has 6 nitrogen and oxygen atoms in total. The second kappa shape index (κ2) is 5.43. The van der Waals surface area contributed by atoms with Crippen molar-refractivity contribution in [2.24, 2.45) is 0 Å². The lowest BCUT2D eigenvalue weighted by Crippen LogP contribution is -2.38. The molecule has 2 aromatic heterocycles. The van der Waals surface area contributed by atoms with Crippen LogP contribution in [0.25, 0.3) is 10.9 Å². The van der Waals surface area contributed by atoms with Crippen molar-refractivity contribution in [3.8, 4) is 0 Å². The Morgan fingerprint density at radius 1 is 1.35 bits per heavy atom. The zero-order valence-electron chi connectivity index (χ0n) is 11.9. The average Bonchev–Trinajstić information content (AvgIpc) is 2.80. The Balaban J connectivity index is 1.79. The molecule has 1 aliphatic heterocycles. The van der Waals surface area contributed by atoms with Crippen molar-refractivity contribution >= 4 is 22.5 Å². The lowest BCUT2D eigenvalue weighted by Gasteiger charge is -2.26. The molecule has 8 heteroatoms. The molecular weight excluding hydrogens is 323 g/mol. The van der Waals surface area contributed by atoms with Gasteiger partial charge in [-0.25, -0.2) is 13.8 Å². The number of nitrogens with zero attached hydrogens (tertiary/aromatic N) is 4. The van der Waals surface area contributed by atoms with Crippen molar-refractivity contribution in [2.45, 2.75) is 12.6 Å². The Kier molecular flexibility index (Phi) is 3.39. The highest BCUT2D eigenvalue weighted by Crippen LogP contribution is 2.23. The summed E-state index contributed by atoms with van der Waals surface area (Å²) < 4.78 is 21.6. The van der Waals surface area contributed by atoms with Crippen molar-refractivity contribution in [3.63, 3.8) is 0 Å². The van der Waals surface area contributed by atoms with E-state index in [1.54, 1.807) is 18.2 Å². The number of hydrogen-bond acceptors (Lipinski definition) is 4. The number of fused-ring (bicyclic) bond motifs is 1. The maximum Gasteiger partial charge on any atom is 0.295 e. The van der Waals surface area contributed by atoms with Crippen LogP contribution in [0.4, 0.5) is 4.39 Å². The molecule has 118 valence electrons. The minimum Gasteiger partial charge on any atom is -0.377 e. The molecule has 0 amide bonds. The van der Waals surface area contributed by atoms with E-state index in [0.29, 0.717) is 24.2 Å². The molecule has 0 unspecified atom stereocenters. The van der Waals surface area contributed by atoms with E-state index in [1.807, 2.05) is 0 Å². The largest absolute Gasteiger partial charge is 0.377 e. The molecule has 0 bridgehead atoms. The molecule has 4 rings (SSSR count). The maximum absolute atomic E-state index is 13.8. The third kappa shape index (κ3) is 2.32. The van der Waals surface area contributed by atoms with E-state index in [-0.39, 0.29) is 34.6 Å². The Bertz CT molecular complexity index is 948. The van der Waals surface area contributed by atoms with Gasteiger partial charge in [0.15, 0.2) is 5.52 Å². The summed E-state index contributed by atoms with van der Waals surface area (Å²) in [6.07, 6.45) is 1.52. The maximum atomic E-state index is 13.8. The third-order valence-corrected chi connectivity index (χ3v) is 4.29. The fourth-order valence-corrected chi connectivity index (χ4v) is 2.76. The molecule has 0 spiro atoms. The summed E-state index contributed by atoms with van der Waals surface area (Å²) in [6.45, 7) is 1.07. The first-order chi connectivity index (χ1) is 11.1. The Labute approximate surface area is 135 Å². The predicted molar refractivity (Wildman–Crippen MR) is 82.2 cm³/mol. The Morgan fingerprint density at radius 3 is 2.83 bits per heavy atom. The van der Waals surface area contributed by atoms with Crippen LogP contribution in [-0.2, 0) is 11.3 Å². The molecule has 0 saturated carbocycles. The van der Waals surface area contributed by atoms with Crippen LogP contribution in [0.5, 0.6) is 0 Å². The summed E-state index contributed by atoms with van der Waals surface area (Å²) in [6, 6.07) is 6.31. The lowest BCUT2D eigenvalue weighted by atomic mass is 10.2. The van der Waals surface area contributed by atoms with Gasteiger partial charge in [-0.3, -0.25) is 4.79 Å². The van der Waals surface area contributed by atoms with Crippen LogP contribution in [0.15, 0.2) is 35.3 Å². The first kappa shape index (κ1) is 14.3. The zero-order valence-corrected chi connectivity index (χ0v) is 12.7. The molecule has 0 N–H and O–H groups in total. The van der Waals surface area contributed by atoms with Crippen LogP contribution in [0.3, 0.4) is 0 Å². The highest BCUT2D eigenvalue weighted by atomic mass is 35.5. The smallest absolute Gasteiger partial charge is 0.295 e. The van der Waals surface area contributed by atoms with Gasteiger partial charge in [0.1, 0.15) is 17.0 Å². The quantitative estimate of drug-likeness (QED) is 0.735. The summed E-state index contributed by atoms with van der Waals surface area (Å²) in [5.74, 6) is -0.342. The predicted octanol–water partition coefficient (Wildman–Crippen LogP) is 2.01. The molecule has 1 saturated heterocycles. The number of halogens is 2. The van der Waals surface area contributed by atoms with Crippen molar-refractivity contribution < 1.29 is 9.13 Å². The van der Waals surface area contributed by atoms with Gasteiger partial charge in [-0.2, -0.15) is 10.2 Å². The summed E-state index contributed by atoms with van der Waals surface area (Å²) in [5.41, 5.74) is 0.362. The van der Waals surface area contributed by atoms with Crippen LogP contribution in [0.2, 0.25) is 5.15 Å². The van der Waals surface area contributed by atoms with Crippen LogP contribution in [0, 0.1) is 5.82 Å². The Hall–Kier alpha value is -2.25. The molecule has 3 aromatic rings. The molecule has 1 fully saturated rings. The second-order valence-corrected chi connectivity index (χ2v) is 5.75. The minimum atomic E-state index is -0.342. The first-order valence-electron chi connectivity index (χ1n) is 7.10. The molecule has 0 atom stereocenters. The summed E-state index contributed by atoms with van der Waals surface area (Å²) >= 11 is 6.28. The lowest BCUT2D eigenvalue weighted by molar-refractivity contribution is -0.0305. The molecule has 3 heterocycles. The molecule has 23 heavy (non-hydrogen) atoms. The monoisotopic (exact) mass is 334 g/mol. The van der Waals surface area contributed by atoms with E-state index in [2.05, 4.69) is 10.2 Å². The van der Waals surface area contributed by atoms with Crippen LogP contribution in [-0.4, -0.2) is 32.8 Å². The van der Waals surface area contributed by atoms with E-state index in [4.69, 9.17) is 16.3 Å². The number of benzene rings is 1. The zero-order chi connectivity index (χ0) is 16.0. The summed E-state index contributed by atoms with van der Waals surface area (Å²) in [7, 11) is 0. The van der Waals surface area contributed by atoms with Crippen molar-refractivity contribution in [1.29, 1.82) is 0 Å². The van der Waals surface area contributed by atoms with Gasteiger partial charge in [-0.15, -0.1) is 0 Å². The van der Waals surface area contributed by atoms with Gasteiger partial charge in [-0.1, -0.05) is 29.8 Å². The molecule has 0 aliphatic carbocycles. The van der Waals surface area contributed by atoms with Crippen molar-refractivity contribution in [2.75, 3.05) is 13.2 Å². The van der Waals surface area contributed by atoms with E-state index >= 15 is 0 Å². The van der Waals surface area contributed by atoms with Crippen LogP contribution < -0.4 is 5.56 Å². The van der Waals surface area contributed by atoms with Gasteiger partial charge in [0.2, 0.25) is 0 Å². The van der Waals surface area contributed by atoms with Gasteiger partial charge >= 0.3 is 0 Å². The SMILES string of the molecule is O=c1c2nn(Cc3ccccc3F)c(Cl)c2cnn1C1COC1. The Morgan fingerprint density at radius 2 is 2.13 bits per heavy atom. The number of rotatable bonds is 3. The van der Waals surface area contributed by atoms with E-state index in [9.17, 15) is 9.18 Å². The number of ether oxygens (including phenoxy) is 1. The van der Waals surface area contributed by atoms with Gasteiger partial charge < -0.3 is 4.74 Å². The normalized spacial score (nSPS) is 15.0. The standard InChI is InChI=1S/C15H12ClFN4O2/c16-14-11-5-18-21(10-7-23-8-10)15(22)13(11)19-20(14)6-9-3-1-2-4-12(9)17/h1-5,10H,6-8H2. The minimum absolute atomic E-state index is 0.0672. The van der Waals surface area contributed by atoms with Gasteiger partial charge in [0, 0.05) is 5.56 Å². The third-order valence-electron chi connectivity index (χ3n) is 3.89. The van der Waals surface area contributed by atoms with Gasteiger partial charge in [-0.05, 0) is 6.07 Å². The topological polar surface area (TPSA) is 61.9 Å². The molecule has 0 radical (unpaired) electrons.